The lowest BCUT2D eigenvalue weighted by molar-refractivity contribution is 0.0267. The molecule has 0 saturated heterocycles. The molecule has 0 radical (unpaired) electrons. The normalized spacial score (nSPS) is 19.5. The fraction of sp³-hybridized carbons (Fsp3) is 0.500. The molecule has 3 N–H and O–H groups in total. The van der Waals surface area contributed by atoms with Crippen molar-refractivity contribution >= 4 is 23.2 Å². The van der Waals surface area contributed by atoms with Crippen LogP contribution in [0, 0.1) is 5.92 Å². The number of aliphatic hydroxyl groups is 1. The molecule has 0 aromatic heterocycles. The molecule has 0 spiro atoms. The van der Waals surface area contributed by atoms with Crippen LogP contribution in [0.1, 0.15) is 18.4 Å². The second-order valence-electron chi connectivity index (χ2n) is 4.51. The molecular formula is C12H15Cl2NO. The fourth-order valence-corrected chi connectivity index (χ4v) is 2.33. The van der Waals surface area contributed by atoms with Gasteiger partial charge in [0.1, 0.15) is 0 Å². The van der Waals surface area contributed by atoms with Gasteiger partial charge in [-0.25, -0.2) is 0 Å². The Morgan fingerprint density at radius 2 is 2.00 bits per heavy atom. The maximum Gasteiger partial charge on any atom is 0.0837 e. The zero-order chi connectivity index (χ0) is 11.8. The van der Waals surface area contributed by atoms with Crippen molar-refractivity contribution in [3.8, 4) is 0 Å². The van der Waals surface area contributed by atoms with Crippen molar-refractivity contribution in [1.29, 1.82) is 0 Å². The highest BCUT2D eigenvalue weighted by Gasteiger charge is 2.42. The van der Waals surface area contributed by atoms with Gasteiger partial charge in [0, 0.05) is 13.0 Å². The maximum absolute atomic E-state index is 10.4. The van der Waals surface area contributed by atoms with Crippen molar-refractivity contribution in [2.45, 2.75) is 24.9 Å². The van der Waals surface area contributed by atoms with E-state index in [-0.39, 0.29) is 6.54 Å². The van der Waals surface area contributed by atoms with Gasteiger partial charge in [-0.2, -0.15) is 0 Å². The van der Waals surface area contributed by atoms with Gasteiger partial charge in [0.25, 0.3) is 0 Å². The van der Waals surface area contributed by atoms with Gasteiger partial charge in [-0.1, -0.05) is 29.3 Å². The van der Waals surface area contributed by atoms with Crippen LogP contribution in [0.25, 0.3) is 0 Å². The van der Waals surface area contributed by atoms with Crippen LogP contribution in [0.4, 0.5) is 0 Å². The lowest BCUT2D eigenvalue weighted by Gasteiger charge is -2.26. The van der Waals surface area contributed by atoms with Gasteiger partial charge in [-0.05, 0) is 36.5 Å². The van der Waals surface area contributed by atoms with Crippen molar-refractivity contribution in [2.24, 2.45) is 11.7 Å². The summed E-state index contributed by atoms with van der Waals surface area (Å²) in [7, 11) is 0. The molecule has 1 fully saturated rings. The van der Waals surface area contributed by atoms with Crippen molar-refractivity contribution in [3.05, 3.63) is 33.8 Å². The summed E-state index contributed by atoms with van der Waals surface area (Å²) in [5.41, 5.74) is 5.85. The zero-order valence-corrected chi connectivity index (χ0v) is 10.4. The molecule has 1 atom stereocenters. The fourth-order valence-electron chi connectivity index (χ4n) is 2.01. The Bertz CT molecular complexity index is 393. The summed E-state index contributed by atoms with van der Waals surface area (Å²) >= 11 is 11.8. The van der Waals surface area contributed by atoms with Crippen molar-refractivity contribution in [3.63, 3.8) is 0 Å². The smallest absolute Gasteiger partial charge is 0.0837 e. The topological polar surface area (TPSA) is 46.2 Å². The van der Waals surface area contributed by atoms with Crippen molar-refractivity contribution in [1.82, 2.24) is 0 Å². The Morgan fingerprint density at radius 3 is 2.50 bits per heavy atom. The first-order valence-corrected chi connectivity index (χ1v) is 6.17. The summed E-state index contributed by atoms with van der Waals surface area (Å²) in [4.78, 5) is 0. The van der Waals surface area contributed by atoms with Gasteiger partial charge in [-0.15, -0.1) is 0 Å². The molecule has 2 nitrogen and oxygen atoms in total. The molecule has 1 aliphatic rings. The Labute approximate surface area is 105 Å². The van der Waals surface area contributed by atoms with E-state index in [4.69, 9.17) is 28.9 Å². The van der Waals surface area contributed by atoms with Crippen LogP contribution in [0.15, 0.2) is 18.2 Å². The second kappa shape index (κ2) is 4.53. The summed E-state index contributed by atoms with van der Waals surface area (Å²) in [5.74, 6) is 0.340. The van der Waals surface area contributed by atoms with Crippen molar-refractivity contribution in [2.75, 3.05) is 6.54 Å². The van der Waals surface area contributed by atoms with E-state index in [2.05, 4.69) is 0 Å². The number of hydrogen-bond donors (Lipinski definition) is 2. The van der Waals surface area contributed by atoms with Crippen LogP contribution < -0.4 is 5.73 Å². The minimum atomic E-state index is -0.781. The van der Waals surface area contributed by atoms with Crippen LogP contribution in [0.2, 0.25) is 10.0 Å². The van der Waals surface area contributed by atoms with Crippen molar-refractivity contribution < 1.29 is 5.11 Å². The first-order valence-electron chi connectivity index (χ1n) is 5.41. The van der Waals surface area contributed by atoms with Crippen LogP contribution in [0.3, 0.4) is 0 Å². The molecule has 2 rings (SSSR count). The molecular weight excluding hydrogens is 245 g/mol. The van der Waals surface area contributed by atoms with E-state index in [0.717, 1.165) is 18.4 Å². The highest BCUT2D eigenvalue weighted by molar-refractivity contribution is 6.42. The monoisotopic (exact) mass is 259 g/mol. The minimum absolute atomic E-state index is 0.290. The molecule has 1 aromatic carbocycles. The van der Waals surface area contributed by atoms with Gasteiger partial charge < -0.3 is 10.8 Å². The Balaban J connectivity index is 2.15. The molecule has 1 saturated carbocycles. The predicted molar refractivity (Wildman–Crippen MR) is 66.9 cm³/mol. The maximum atomic E-state index is 10.4. The van der Waals surface area contributed by atoms with Crippen LogP contribution in [-0.2, 0) is 6.42 Å². The average molecular weight is 260 g/mol. The summed E-state index contributed by atoms with van der Waals surface area (Å²) in [6.07, 6.45) is 2.68. The van der Waals surface area contributed by atoms with E-state index >= 15 is 0 Å². The SMILES string of the molecule is NCC(O)(Cc1ccc(Cl)c(Cl)c1)C1CC1. The first-order chi connectivity index (χ1) is 7.55. The molecule has 1 aromatic rings. The summed E-state index contributed by atoms with van der Waals surface area (Å²) in [6, 6.07) is 5.44. The Hall–Kier alpha value is -0.280. The first kappa shape index (κ1) is 12.2. The molecule has 0 bridgehead atoms. The third-order valence-corrected chi connectivity index (χ3v) is 3.92. The molecule has 4 heteroatoms. The van der Waals surface area contributed by atoms with Gasteiger partial charge in [-0.3, -0.25) is 0 Å². The van der Waals surface area contributed by atoms with Crippen LogP contribution in [0.5, 0.6) is 0 Å². The quantitative estimate of drug-likeness (QED) is 0.874. The lowest BCUT2D eigenvalue weighted by Crippen LogP contribution is -2.42. The standard InChI is InChI=1S/C12H15Cl2NO/c13-10-4-1-8(5-11(10)14)6-12(16,7-15)9-2-3-9/h1,4-5,9,16H,2-3,6-7,15H2. The molecule has 1 aliphatic carbocycles. The van der Waals surface area contributed by atoms with E-state index < -0.39 is 5.60 Å². The van der Waals surface area contributed by atoms with E-state index in [1.54, 1.807) is 12.1 Å². The lowest BCUT2D eigenvalue weighted by atomic mass is 9.90. The second-order valence-corrected chi connectivity index (χ2v) is 5.32. The molecule has 88 valence electrons. The summed E-state index contributed by atoms with van der Waals surface area (Å²) in [6.45, 7) is 0.290. The predicted octanol–water partition coefficient (Wildman–Crippen LogP) is 2.64. The van der Waals surface area contributed by atoms with Crippen LogP contribution >= 0.6 is 23.2 Å². The number of nitrogens with two attached hydrogens (primary N) is 1. The summed E-state index contributed by atoms with van der Waals surface area (Å²) in [5, 5.41) is 11.4. The average Bonchev–Trinajstić information content (AvgIpc) is 3.07. The number of halogens is 2. The van der Waals surface area contributed by atoms with E-state index in [1.165, 1.54) is 0 Å². The van der Waals surface area contributed by atoms with Gasteiger partial charge in [0.15, 0.2) is 0 Å². The molecule has 0 amide bonds. The number of hydrogen-bond acceptors (Lipinski definition) is 2. The zero-order valence-electron chi connectivity index (χ0n) is 8.92. The van der Waals surface area contributed by atoms with Gasteiger partial charge in [0.2, 0.25) is 0 Å². The third kappa shape index (κ3) is 2.51. The van der Waals surface area contributed by atoms with E-state index in [1.807, 2.05) is 6.07 Å². The number of rotatable bonds is 4. The molecule has 16 heavy (non-hydrogen) atoms. The molecule has 0 heterocycles. The highest BCUT2D eigenvalue weighted by Crippen LogP contribution is 2.41. The molecule has 0 aliphatic heterocycles. The minimum Gasteiger partial charge on any atom is -0.388 e. The van der Waals surface area contributed by atoms with E-state index in [9.17, 15) is 5.11 Å². The Morgan fingerprint density at radius 1 is 1.31 bits per heavy atom. The van der Waals surface area contributed by atoms with Gasteiger partial charge in [0.05, 0.1) is 15.6 Å². The van der Waals surface area contributed by atoms with Crippen LogP contribution in [-0.4, -0.2) is 17.3 Å². The third-order valence-electron chi connectivity index (χ3n) is 3.19. The number of benzene rings is 1. The van der Waals surface area contributed by atoms with Gasteiger partial charge >= 0.3 is 0 Å². The van der Waals surface area contributed by atoms with E-state index in [0.29, 0.717) is 22.4 Å². The largest absolute Gasteiger partial charge is 0.388 e. The molecule has 1 unspecified atom stereocenters. The highest BCUT2D eigenvalue weighted by atomic mass is 35.5. The summed E-state index contributed by atoms with van der Waals surface area (Å²) < 4.78 is 0. The Kier molecular flexibility index (Phi) is 3.45.